The fraction of sp³-hybridized carbons (Fsp3) is 0.167. The fourth-order valence-corrected chi connectivity index (χ4v) is 3.00. The van der Waals surface area contributed by atoms with Gasteiger partial charge in [-0.05, 0) is 23.8 Å². The molecule has 0 spiro atoms. The molecule has 24 heavy (non-hydrogen) atoms. The molecule has 6 heteroatoms. The smallest absolute Gasteiger partial charge is 0.247 e. The third kappa shape index (κ3) is 4.02. The zero-order valence-corrected chi connectivity index (χ0v) is 13.6. The van der Waals surface area contributed by atoms with Gasteiger partial charge in [-0.3, -0.25) is 0 Å². The van der Waals surface area contributed by atoms with Crippen molar-refractivity contribution in [1.29, 1.82) is 5.26 Å². The van der Waals surface area contributed by atoms with Crippen LogP contribution < -0.4 is 0 Å². The van der Waals surface area contributed by atoms with Crippen LogP contribution >= 0.6 is 11.8 Å². The molecule has 1 N–H and O–H groups in total. The van der Waals surface area contributed by atoms with Crippen LogP contribution in [0, 0.1) is 11.3 Å². The van der Waals surface area contributed by atoms with Gasteiger partial charge in [0.15, 0.2) is 0 Å². The Morgan fingerprint density at radius 2 is 1.96 bits per heavy atom. The molecule has 0 bridgehead atoms. The van der Waals surface area contributed by atoms with Crippen LogP contribution in [0.3, 0.4) is 0 Å². The van der Waals surface area contributed by atoms with Gasteiger partial charge >= 0.3 is 0 Å². The number of hydrogen-bond acceptors (Lipinski definition) is 6. The normalized spacial score (nSPS) is 11.8. The van der Waals surface area contributed by atoms with Gasteiger partial charge in [0.25, 0.3) is 0 Å². The minimum atomic E-state index is -0.522. The SMILES string of the molecule is N#Cc1cccc(-c2nnc(CSC[C@H](O)c3ccccc3)o2)c1. The molecule has 1 aromatic heterocycles. The van der Waals surface area contributed by atoms with Gasteiger partial charge in [0.05, 0.1) is 23.5 Å². The van der Waals surface area contributed by atoms with Crippen LogP contribution in [0.15, 0.2) is 59.0 Å². The van der Waals surface area contributed by atoms with E-state index >= 15 is 0 Å². The van der Waals surface area contributed by atoms with E-state index in [9.17, 15) is 5.11 Å². The summed E-state index contributed by atoms with van der Waals surface area (Å²) in [4.78, 5) is 0. The maximum atomic E-state index is 10.1. The van der Waals surface area contributed by atoms with Crippen molar-refractivity contribution in [3.63, 3.8) is 0 Å². The molecule has 1 atom stereocenters. The zero-order valence-electron chi connectivity index (χ0n) is 12.8. The molecule has 0 unspecified atom stereocenters. The van der Waals surface area contributed by atoms with E-state index in [1.807, 2.05) is 36.4 Å². The standard InChI is InChI=1S/C18H15N3O2S/c19-10-13-5-4-8-15(9-13)18-21-20-17(23-18)12-24-11-16(22)14-6-2-1-3-7-14/h1-9,16,22H,11-12H2/t16-/m0/s1. The number of aliphatic hydroxyl groups excluding tert-OH is 1. The third-order valence-corrected chi connectivity index (χ3v) is 4.39. The van der Waals surface area contributed by atoms with Gasteiger partial charge in [-0.2, -0.15) is 5.26 Å². The highest BCUT2D eigenvalue weighted by molar-refractivity contribution is 7.98. The molecule has 5 nitrogen and oxygen atoms in total. The predicted molar refractivity (Wildman–Crippen MR) is 92.0 cm³/mol. The Kier molecular flexibility index (Phi) is 5.26. The Morgan fingerprint density at radius 1 is 1.12 bits per heavy atom. The monoisotopic (exact) mass is 337 g/mol. The van der Waals surface area contributed by atoms with Gasteiger partial charge in [-0.15, -0.1) is 22.0 Å². The van der Waals surface area contributed by atoms with Crippen molar-refractivity contribution >= 4 is 11.8 Å². The predicted octanol–water partition coefficient (Wildman–Crippen LogP) is 3.58. The Bertz CT molecular complexity index is 843. The van der Waals surface area contributed by atoms with E-state index in [1.165, 1.54) is 11.8 Å². The van der Waals surface area contributed by atoms with Crippen molar-refractivity contribution in [1.82, 2.24) is 10.2 Å². The van der Waals surface area contributed by atoms with E-state index in [0.717, 1.165) is 11.1 Å². The molecule has 1 heterocycles. The largest absolute Gasteiger partial charge is 0.420 e. The summed E-state index contributed by atoms with van der Waals surface area (Å²) >= 11 is 1.53. The van der Waals surface area contributed by atoms with Gasteiger partial charge in [-0.1, -0.05) is 36.4 Å². The first kappa shape index (κ1) is 16.2. The maximum Gasteiger partial charge on any atom is 0.247 e. The van der Waals surface area contributed by atoms with Gasteiger partial charge in [-0.25, -0.2) is 0 Å². The number of rotatable bonds is 6. The second-order valence-electron chi connectivity index (χ2n) is 5.14. The van der Waals surface area contributed by atoms with Crippen LogP contribution in [-0.2, 0) is 5.75 Å². The molecule has 0 aliphatic rings. The van der Waals surface area contributed by atoms with Crippen LogP contribution in [0.4, 0.5) is 0 Å². The first-order chi connectivity index (χ1) is 11.8. The zero-order chi connectivity index (χ0) is 16.8. The second kappa shape index (κ2) is 7.77. The fourth-order valence-electron chi connectivity index (χ4n) is 2.18. The summed E-state index contributed by atoms with van der Waals surface area (Å²) < 4.78 is 5.62. The molecule has 0 amide bonds. The number of thioether (sulfide) groups is 1. The van der Waals surface area contributed by atoms with Gasteiger partial charge in [0.1, 0.15) is 0 Å². The van der Waals surface area contributed by atoms with E-state index in [-0.39, 0.29) is 0 Å². The molecular weight excluding hydrogens is 322 g/mol. The van der Waals surface area contributed by atoms with Crippen LogP contribution in [0.2, 0.25) is 0 Å². The summed E-state index contributed by atoms with van der Waals surface area (Å²) in [5.74, 6) is 1.96. The summed E-state index contributed by atoms with van der Waals surface area (Å²) in [7, 11) is 0. The van der Waals surface area contributed by atoms with Gasteiger partial charge < -0.3 is 9.52 Å². The Morgan fingerprint density at radius 3 is 2.75 bits per heavy atom. The lowest BCUT2D eigenvalue weighted by molar-refractivity contribution is 0.204. The molecule has 3 rings (SSSR count). The van der Waals surface area contributed by atoms with E-state index in [2.05, 4.69) is 16.3 Å². The summed E-state index contributed by atoms with van der Waals surface area (Å²) in [6.07, 6.45) is -0.522. The van der Waals surface area contributed by atoms with Crippen molar-refractivity contribution in [2.24, 2.45) is 0 Å². The van der Waals surface area contributed by atoms with E-state index < -0.39 is 6.10 Å². The lowest BCUT2D eigenvalue weighted by Crippen LogP contribution is -2.00. The number of aliphatic hydroxyl groups is 1. The van der Waals surface area contributed by atoms with Crippen molar-refractivity contribution in [3.05, 3.63) is 71.6 Å². The third-order valence-electron chi connectivity index (χ3n) is 3.39. The first-order valence-electron chi connectivity index (χ1n) is 7.40. The Hall–Kier alpha value is -2.62. The topological polar surface area (TPSA) is 82.9 Å². The number of nitriles is 1. The molecule has 0 saturated carbocycles. The molecule has 3 aromatic rings. The highest BCUT2D eigenvalue weighted by Gasteiger charge is 2.11. The molecule has 0 radical (unpaired) electrons. The molecule has 0 aliphatic carbocycles. The van der Waals surface area contributed by atoms with E-state index in [0.29, 0.717) is 28.9 Å². The average Bonchev–Trinajstić information content (AvgIpc) is 3.11. The first-order valence-corrected chi connectivity index (χ1v) is 8.55. The molecule has 0 aliphatic heterocycles. The van der Waals surface area contributed by atoms with Crippen molar-refractivity contribution in [3.8, 4) is 17.5 Å². The lowest BCUT2D eigenvalue weighted by Gasteiger charge is -2.09. The molecular formula is C18H15N3O2S. The van der Waals surface area contributed by atoms with Crippen LogP contribution in [0.1, 0.15) is 23.1 Å². The van der Waals surface area contributed by atoms with Crippen molar-refractivity contribution in [2.75, 3.05) is 5.75 Å². The Balaban J connectivity index is 1.57. The van der Waals surface area contributed by atoms with Crippen molar-refractivity contribution in [2.45, 2.75) is 11.9 Å². The van der Waals surface area contributed by atoms with E-state index in [4.69, 9.17) is 9.68 Å². The van der Waals surface area contributed by atoms with Crippen LogP contribution in [-0.4, -0.2) is 21.1 Å². The van der Waals surface area contributed by atoms with E-state index in [1.54, 1.807) is 18.2 Å². The summed E-state index contributed by atoms with van der Waals surface area (Å²) in [5, 5.41) is 27.1. The lowest BCUT2D eigenvalue weighted by atomic mass is 10.1. The summed E-state index contributed by atoms with van der Waals surface area (Å²) in [6, 6.07) is 18.7. The molecule has 2 aromatic carbocycles. The van der Waals surface area contributed by atoms with Crippen molar-refractivity contribution < 1.29 is 9.52 Å². The highest BCUT2D eigenvalue weighted by atomic mass is 32.2. The minimum absolute atomic E-state index is 0.395. The molecule has 0 saturated heterocycles. The number of hydrogen-bond donors (Lipinski definition) is 1. The molecule has 120 valence electrons. The summed E-state index contributed by atoms with van der Waals surface area (Å²) in [6.45, 7) is 0. The second-order valence-corrected chi connectivity index (χ2v) is 6.17. The maximum absolute atomic E-state index is 10.1. The summed E-state index contributed by atoms with van der Waals surface area (Å²) in [5.41, 5.74) is 2.17. The molecule has 0 fully saturated rings. The minimum Gasteiger partial charge on any atom is -0.420 e. The number of nitrogens with zero attached hydrogens (tertiary/aromatic N) is 3. The Labute approximate surface area is 144 Å². The average molecular weight is 337 g/mol. The van der Waals surface area contributed by atoms with Gasteiger partial charge in [0, 0.05) is 11.3 Å². The highest BCUT2D eigenvalue weighted by Crippen LogP contribution is 2.23. The number of aromatic nitrogens is 2. The van der Waals surface area contributed by atoms with Gasteiger partial charge in [0.2, 0.25) is 11.8 Å². The van der Waals surface area contributed by atoms with Crippen LogP contribution in [0.25, 0.3) is 11.5 Å². The quantitative estimate of drug-likeness (QED) is 0.740. The number of benzene rings is 2. The van der Waals surface area contributed by atoms with Crippen LogP contribution in [0.5, 0.6) is 0 Å².